The van der Waals surface area contributed by atoms with Crippen LogP contribution in [0.1, 0.15) is 12.5 Å². The van der Waals surface area contributed by atoms with E-state index in [1.807, 2.05) is 21.9 Å². The molecular weight excluding hydrogens is 492 g/mol. The monoisotopic (exact) mass is 518 g/mol. The van der Waals surface area contributed by atoms with E-state index < -0.39 is 6.35 Å². The van der Waals surface area contributed by atoms with E-state index in [4.69, 9.17) is 16.6 Å². The van der Waals surface area contributed by atoms with Gasteiger partial charge in [-0.2, -0.15) is 0 Å². The predicted octanol–water partition coefficient (Wildman–Crippen LogP) is 4.83. The van der Waals surface area contributed by atoms with Gasteiger partial charge in [-0.15, -0.1) is 11.8 Å². The second-order valence-electron chi connectivity index (χ2n) is 9.36. The fourth-order valence-corrected chi connectivity index (χ4v) is 7.16. The standard InChI is InChI=1S/C28H27ClN4O2S/c1-3-23(34)31-11-12-32(17(2)16-31)27-21-15-22(29)24(20-10-6-8-18-7-4-5-9-19(18)20)26-25(21)33(13-14-36-26)28(35)30-27/h3-10,15,17,28,35H,1,11-14,16H2,2H3/t17-,28?/m0/s1. The van der Waals surface area contributed by atoms with E-state index in [0.29, 0.717) is 31.2 Å². The molecule has 1 fully saturated rings. The minimum Gasteiger partial charge on any atom is -0.355 e. The van der Waals surface area contributed by atoms with E-state index in [9.17, 15) is 9.90 Å². The number of halogens is 1. The largest absolute Gasteiger partial charge is 0.355 e. The van der Waals surface area contributed by atoms with Crippen LogP contribution in [0.3, 0.4) is 0 Å². The molecule has 3 aromatic rings. The Morgan fingerprint density at radius 1 is 1.14 bits per heavy atom. The zero-order valence-corrected chi connectivity index (χ0v) is 21.6. The number of rotatable bonds is 2. The fourth-order valence-electron chi connectivity index (χ4n) is 5.57. The molecule has 0 bridgehead atoms. The number of anilines is 1. The Balaban J connectivity index is 1.49. The number of carbonyl (C=O) groups excluding carboxylic acids is 1. The van der Waals surface area contributed by atoms with E-state index in [1.165, 1.54) is 6.08 Å². The molecule has 2 atom stereocenters. The van der Waals surface area contributed by atoms with Gasteiger partial charge in [0.15, 0.2) is 0 Å². The van der Waals surface area contributed by atoms with Crippen molar-refractivity contribution in [2.45, 2.75) is 24.2 Å². The third kappa shape index (κ3) is 3.69. The first-order valence-corrected chi connectivity index (χ1v) is 13.5. The molecule has 184 valence electrons. The van der Waals surface area contributed by atoms with Crippen LogP contribution in [0.25, 0.3) is 21.9 Å². The van der Waals surface area contributed by atoms with Crippen molar-refractivity contribution < 1.29 is 9.90 Å². The van der Waals surface area contributed by atoms with E-state index in [1.54, 1.807) is 11.8 Å². The first-order valence-electron chi connectivity index (χ1n) is 12.2. The Morgan fingerprint density at radius 3 is 2.75 bits per heavy atom. The molecule has 8 heteroatoms. The van der Waals surface area contributed by atoms with Crippen LogP contribution in [-0.2, 0) is 4.79 Å². The van der Waals surface area contributed by atoms with Gasteiger partial charge in [0.25, 0.3) is 0 Å². The van der Waals surface area contributed by atoms with Crippen LogP contribution < -0.4 is 4.90 Å². The lowest BCUT2D eigenvalue weighted by molar-refractivity contribution is -0.128. The number of nitrogens with zero attached hydrogens (tertiary/aromatic N) is 4. The van der Waals surface area contributed by atoms with Gasteiger partial charge in [0.1, 0.15) is 5.84 Å². The van der Waals surface area contributed by atoms with Crippen LogP contribution in [0.4, 0.5) is 5.69 Å². The second-order valence-corrected chi connectivity index (χ2v) is 10.9. The summed E-state index contributed by atoms with van der Waals surface area (Å²) in [6, 6.07) is 16.7. The van der Waals surface area contributed by atoms with Crippen molar-refractivity contribution in [3.05, 3.63) is 71.8 Å². The van der Waals surface area contributed by atoms with Crippen LogP contribution in [0.2, 0.25) is 5.02 Å². The maximum Gasteiger partial charge on any atom is 0.246 e. The second kappa shape index (κ2) is 9.14. The minimum absolute atomic E-state index is 0.0311. The van der Waals surface area contributed by atoms with Crippen LogP contribution in [-0.4, -0.2) is 71.0 Å². The van der Waals surface area contributed by atoms with Crippen molar-refractivity contribution in [1.29, 1.82) is 0 Å². The molecule has 0 radical (unpaired) electrons. The molecule has 0 aromatic heterocycles. The van der Waals surface area contributed by atoms with Crippen molar-refractivity contribution in [2.75, 3.05) is 36.8 Å². The molecule has 3 heterocycles. The number of aliphatic hydroxyl groups is 1. The molecule has 1 unspecified atom stereocenters. The number of aliphatic hydroxyl groups excluding tert-OH is 1. The van der Waals surface area contributed by atoms with Crippen molar-refractivity contribution in [3.8, 4) is 11.1 Å². The maximum atomic E-state index is 12.2. The zero-order chi connectivity index (χ0) is 25.0. The molecule has 0 spiro atoms. The summed E-state index contributed by atoms with van der Waals surface area (Å²) in [5, 5.41) is 14.1. The number of amides is 1. The Kier molecular flexibility index (Phi) is 5.94. The lowest BCUT2D eigenvalue weighted by Gasteiger charge is -2.45. The maximum absolute atomic E-state index is 12.2. The summed E-state index contributed by atoms with van der Waals surface area (Å²) >= 11 is 8.86. The number of amidine groups is 1. The van der Waals surface area contributed by atoms with Gasteiger partial charge in [0.05, 0.1) is 10.7 Å². The molecule has 6 nitrogen and oxygen atoms in total. The highest BCUT2D eigenvalue weighted by atomic mass is 35.5. The predicted molar refractivity (Wildman–Crippen MR) is 148 cm³/mol. The number of piperazine rings is 1. The molecule has 3 aliphatic rings. The van der Waals surface area contributed by atoms with Gasteiger partial charge in [0.2, 0.25) is 12.3 Å². The van der Waals surface area contributed by atoms with Gasteiger partial charge in [-0.1, -0.05) is 60.6 Å². The summed E-state index contributed by atoms with van der Waals surface area (Å²) < 4.78 is 0. The Hall–Kier alpha value is -3.00. The van der Waals surface area contributed by atoms with Gasteiger partial charge in [-0.3, -0.25) is 4.79 Å². The Morgan fingerprint density at radius 2 is 1.94 bits per heavy atom. The molecular formula is C28H27ClN4O2S. The average Bonchev–Trinajstić information content (AvgIpc) is 2.90. The van der Waals surface area contributed by atoms with Gasteiger partial charge in [-0.25, -0.2) is 4.99 Å². The van der Waals surface area contributed by atoms with E-state index in [0.717, 1.165) is 49.6 Å². The molecule has 1 saturated heterocycles. The van der Waals surface area contributed by atoms with Crippen molar-refractivity contribution in [3.63, 3.8) is 0 Å². The number of hydrogen-bond donors (Lipinski definition) is 1. The summed E-state index contributed by atoms with van der Waals surface area (Å²) in [6.45, 7) is 8.18. The Labute approximate surface area is 219 Å². The molecule has 36 heavy (non-hydrogen) atoms. The van der Waals surface area contributed by atoms with E-state index in [2.05, 4.69) is 54.8 Å². The molecule has 1 N–H and O–H groups in total. The normalized spacial score (nSPS) is 21.3. The number of aliphatic imine (C=N–C) groups is 1. The summed E-state index contributed by atoms with van der Waals surface area (Å²) in [7, 11) is 0. The summed E-state index contributed by atoms with van der Waals surface area (Å²) in [5.41, 5.74) is 4.03. The van der Waals surface area contributed by atoms with E-state index >= 15 is 0 Å². The molecule has 6 rings (SSSR count). The van der Waals surface area contributed by atoms with Gasteiger partial charge in [0, 0.05) is 54.0 Å². The highest BCUT2D eigenvalue weighted by Crippen LogP contribution is 2.50. The number of hydrogen-bond acceptors (Lipinski definition) is 6. The minimum atomic E-state index is -0.964. The molecule has 3 aliphatic heterocycles. The highest BCUT2D eigenvalue weighted by molar-refractivity contribution is 7.99. The van der Waals surface area contributed by atoms with Crippen LogP contribution in [0.5, 0.6) is 0 Å². The van der Waals surface area contributed by atoms with Crippen molar-refractivity contribution >= 4 is 51.6 Å². The quantitative estimate of drug-likeness (QED) is 0.493. The van der Waals surface area contributed by atoms with Crippen LogP contribution in [0, 0.1) is 0 Å². The third-order valence-electron chi connectivity index (χ3n) is 7.28. The van der Waals surface area contributed by atoms with Crippen molar-refractivity contribution in [2.24, 2.45) is 4.99 Å². The number of fused-ring (bicyclic) bond motifs is 1. The topological polar surface area (TPSA) is 59.4 Å². The lowest BCUT2D eigenvalue weighted by Crippen LogP contribution is -2.57. The molecule has 1 amide bonds. The molecule has 0 saturated carbocycles. The highest BCUT2D eigenvalue weighted by Gasteiger charge is 2.38. The number of thioether (sulfide) groups is 1. The van der Waals surface area contributed by atoms with Crippen molar-refractivity contribution in [1.82, 2.24) is 9.80 Å². The Bertz CT molecular complexity index is 1420. The van der Waals surface area contributed by atoms with Crippen LogP contribution >= 0.6 is 23.4 Å². The summed E-state index contributed by atoms with van der Waals surface area (Å²) in [4.78, 5) is 24.0. The lowest BCUT2D eigenvalue weighted by atomic mass is 9.94. The van der Waals surface area contributed by atoms with Gasteiger partial charge < -0.3 is 19.8 Å². The average molecular weight is 519 g/mol. The smallest absolute Gasteiger partial charge is 0.246 e. The zero-order valence-electron chi connectivity index (χ0n) is 20.0. The summed E-state index contributed by atoms with van der Waals surface area (Å²) in [5.74, 6) is 1.52. The van der Waals surface area contributed by atoms with Crippen LogP contribution in [0.15, 0.2) is 71.1 Å². The van der Waals surface area contributed by atoms with Gasteiger partial charge >= 0.3 is 0 Å². The van der Waals surface area contributed by atoms with E-state index in [-0.39, 0.29) is 11.9 Å². The molecule has 3 aromatic carbocycles. The number of carbonyl (C=O) groups is 1. The summed E-state index contributed by atoms with van der Waals surface area (Å²) in [6.07, 6.45) is 0.398. The van der Waals surface area contributed by atoms with Gasteiger partial charge in [-0.05, 0) is 35.4 Å². The SMILES string of the molecule is C=CC(=O)N1CCN(C2=NC(O)N3CCSc4c(-c5cccc6ccccc56)c(Cl)cc2c43)[C@@H](C)C1. The number of benzene rings is 3. The first-order chi connectivity index (χ1) is 17.5. The molecule has 0 aliphatic carbocycles. The third-order valence-corrected chi connectivity index (χ3v) is 8.65. The fraction of sp³-hybridized carbons (Fsp3) is 0.286. The first kappa shape index (κ1) is 23.4.